The van der Waals surface area contributed by atoms with E-state index in [1.54, 1.807) is 18.2 Å². The molecule has 3 rings (SSSR count). The third-order valence-corrected chi connectivity index (χ3v) is 4.46. The van der Waals surface area contributed by atoms with E-state index in [0.717, 1.165) is 26.2 Å². The van der Waals surface area contributed by atoms with Gasteiger partial charge in [-0.25, -0.2) is 0 Å². The maximum absolute atomic E-state index is 6.05. The summed E-state index contributed by atoms with van der Waals surface area (Å²) in [5, 5.41) is 4.57. The van der Waals surface area contributed by atoms with Crippen molar-refractivity contribution in [3.8, 4) is 5.75 Å². The Balaban J connectivity index is 1.75. The van der Waals surface area contributed by atoms with Crippen molar-refractivity contribution in [2.45, 2.75) is 6.04 Å². The minimum Gasteiger partial charge on any atom is -0.491 e. The van der Waals surface area contributed by atoms with Crippen LogP contribution < -0.4 is 10.1 Å². The molecule has 0 radical (unpaired) electrons. The Hall–Kier alpha value is -1.26. The van der Waals surface area contributed by atoms with Gasteiger partial charge < -0.3 is 10.1 Å². The van der Waals surface area contributed by atoms with E-state index in [1.807, 2.05) is 6.07 Å². The van der Waals surface area contributed by atoms with Crippen molar-refractivity contribution in [1.82, 2.24) is 10.2 Å². The summed E-state index contributed by atoms with van der Waals surface area (Å²) in [6.45, 7) is 4.61. The molecule has 0 unspecified atom stereocenters. The van der Waals surface area contributed by atoms with E-state index in [9.17, 15) is 0 Å². The van der Waals surface area contributed by atoms with E-state index in [1.165, 1.54) is 5.56 Å². The van der Waals surface area contributed by atoms with E-state index in [0.29, 0.717) is 22.4 Å². The zero-order valence-corrected chi connectivity index (χ0v) is 14.4. The van der Waals surface area contributed by atoms with Gasteiger partial charge in [0.2, 0.25) is 0 Å². The Morgan fingerprint density at radius 2 is 1.65 bits per heavy atom. The molecular formula is C18H20Cl2N2O. The number of hydrogen-bond acceptors (Lipinski definition) is 3. The summed E-state index contributed by atoms with van der Waals surface area (Å²) in [4.78, 5) is 2.46. The van der Waals surface area contributed by atoms with Crippen molar-refractivity contribution < 1.29 is 4.74 Å². The lowest BCUT2D eigenvalue weighted by molar-refractivity contribution is 0.121. The number of rotatable bonds is 5. The molecule has 0 bridgehead atoms. The van der Waals surface area contributed by atoms with Crippen LogP contribution in [-0.2, 0) is 0 Å². The Labute approximate surface area is 147 Å². The topological polar surface area (TPSA) is 24.5 Å². The van der Waals surface area contributed by atoms with Crippen LogP contribution in [0.1, 0.15) is 11.6 Å². The summed E-state index contributed by atoms with van der Waals surface area (Å²) < 4.78 is 6.01. The summed E-state index contributed by atoms with van der Waals surface area (Å²) in [5.41, 5.74) is 1.27. The Kier molecular flexibility index (Phi) is 5.79. The number of piperazine rings is 1. The lowest BCUT2D eigenvalue weighted by Gasteiger charge is -2.35. The average Bonchev–Trinajstić information content (AvgIpc) is 2.56. The molecule has 1 aliphatic heterocycles. The van der Waals surface area contributed by atoms with Gasteiger partial charge in [-0.2, -0.15) is 0 Å². The second-order valence-corrected chi connectivity index (χ2v) is 6.50. The lowest BCUT2D eigenvalue weighted by atomic mass is 10.1. The van der Waals surface area contributed by atoms with Crippen molar-refractivity contribution in [2.75, 3.05) is 32.8 Å². The second-order valence-electron chi connectivity index (χ2n) is 5.63. The largest absolute Gasteiger partial charge is 0.491 e. The van der Waals surface area contributed by atoms with E-state index in [-0.39, 0.29) is 6.04 Å². The van der Waals surface area contributed by atoms with Crippen LogP contribution in [0.2, 0.25) is 10.0 Å². The molecule has 0 spiro atoms. The second kappa shape index (κ2) is 8.02. The van der Waals surface area contributed by atoms with Gasteiger partial charge in [0.15, 0.2) is 0 Å². The molecule has 2 aromatic carbocycles. The first-order chi connectivity index (χ1) is 11.2. The summed E-state index contributed by atoms with van der Waals surface area (Å²) in [6.07, 6.45) is 0. The molecule has 1 aliphatic rings. The van der Waals surface area contributed by atoms with Gasteiger partial charge in [-0.05, 0) is 23.8 Å². The molecule has 5 heteroatoms. The monoisotopic (exact) mass is 350 g/mol. The fourth-order valence-electron chi connectivity index (χ4n) is 2.87. The number of hydrogen-bond donors (Lipinski definition) is 1. The number of halogens is 2. The van der Waals surface area contributed by atoms with Gasteiger partial charge in [0, 0.05) is 36.2 Å². The minimum atomic E-state index is 0.219. The Bertz CT molecular complexity index is 610. The smallest absolute Gasteiger partial charge is 0.122 e. The van der Waals surface area contributed by atoms with Gasteiger partial charge >= 0.3 is 0 Å². The van der Waals surface area contributed by atoms with Gasteiger partial charge in [0.05, 0.1) is 6.04 Å². The molecule has 1 saturated heterocycles. The zero-order chi connectivity index (χ0) is 16.1. The molecule has 1 heterocycles. The van der Waals surface area contributed by atoms with Gasteiger partial charge in [-0.3, -0.25) is 4.90 Å². The predicted octanol–water partition coefficient (Wildman–Crippen LogP) is 4.02. The van der Waals surface area contributed by atoms with E-state index in [4.69, 9.17) is 27.9 Å². The van der Waals surface area contributed by atoms with E-state index < -0.39 is 0 Å². The zero-order valence-electron chi connectivity index (χ0n) is 12.8. The van der Waals surface area contributed by atoms with Crippen LogP contribution in [0, 0.1) is 0 Å². The number of nitrogens with one attached hydrogen (secondary N) is 1. The van der Waals surface area contributed by atoms with E-state index in [2.05, 4.69) is 34.5 Å². The first-order valence-electron chi connectivity index (χ1n) is 7.81. The number of nitrogens with zero attached hydrogens (tertiary/aromatic N) is 1. The molecule has 1 atom stereocenters. The molecule has 2 aromatic rings. The van der Waals surface area contributed by atoms with Gasteiger partial charge in [0.1, 0.15) is 12.4 Å². The number of ether oxygens (including phenoxy) is 1. The molecule has 3 nitrogen and oxygen atoms in total. The maximum atomic E-state index is 6.05. The summed E-state index contributed by atoms with van der Waals surface area (Å²) in [6, 6.07) is 16.0. The fraction of sp³-hybridized carbons (Fsp3) is 0.333. The van der Waals surface area contributed by atoms with Crippen LogP contribution in [-0.4, -0.2) is 37.7 Å². The first kappa shape index (κ1) is 16.6. The van der Waals surface area contributed by atoms with Crippen LogP contribution >= 0.6 is 23.2 Å². The van der Waals surface area contributed by atoms with Crippen LogP contribution in [0.15, 0.2) is 48.5 Å². The molecule has 122 valence electrons. The third-order valence-electron chi connectivity index (χ3n) is 4.02. The fourth-order valence-corrected chi connectivity index (χ4v) is 3.37. The lowest BCUT2D eigenvalue weighted by Crippen LogP contribution is -2.46. The third kappa shape index (κ3) is 4.61. The molecule has 0 saturated carbocycles. The maximum Gasteiger partial charge on any atom is 0.122 e. The van der Waals surface area contributed by atoms with Crippen molar-refractivity contribution in [3.63, 3.8) is 0 Å². The standard InChI is InChI=1S/C18H20Cl2N2O/c19-15-10-16(20)12-17(11-15)23-13-18(14-4-2-1-3-5-14)22-8-6-21-7-9-22/h1-5,10-12,18,21H,6-9,13H2/t18-/m1/s1. The molecule has 23 heavy (non-hydrogen) atoms. The molecular weight excluding hydrogens is 331 g/mol. The summed E-state index contributed by atoms with van der Waals surface area (Å²) >= 11 is 12.1. The van der Waals surface area contributed by atoms with Gasteiger partial charge in [-0.15, -0.1) is 0 Å². The van der Waals surface area contributed by atoms with Gasteiger partial charge in [-0.1, -0.05) is 53.5 Å². The van der Waals surface area contributed by atoms with Crippen molar-refractivity contribution in [3.05, 3.63) is 64.1 Å². The quantitative estimate of drug-likeness (QED) is 0.881. The van der Waals surface area contributed by atoms with Crippen LogP contribution in [0.5, 0.6) is 5.75 Å². The summed E-state index contributed by atoms with van der Waals surface area (Å²) in [7, 11) is 0. The van der Waals surface area contributed by atoms with Crippen LogP contribution in [0.3, 0.4) is 0 Å². The van der Waals surface area contributed by atoms with E-state index >= 15 is 0 Å². The minimum absolute atomic E-state index is 0.219. The molecule has 1 fully saturated rings. The summed E-state index contributed by atoms with van der Waals surface area (Å²) in [5.74, 6) is 0.707. The molecule has 0 amide bonds. The van der Waals surface area contributed by atoms with Crippen molar-refractivity contribution >= 4 is 23.2 Å². The van der Waals surface area contributed by atoms with Crippen LogP contribution in [0.4, 0.5) is 0 Å². The molecule has 0 aromatic heterocycles. The highest BCUT2D eigenvalue weighted by atomic mass is 35.5. The average molecular weight is 351 g/mol. The molecule has 0 aliphatic carbocycles. The highest BCUT2D eigenvalue weighted by Crippen LogP contribution is 2.27. The predicted molar refractivity (Wildman–Crippen MR) is 95.6 cm³/mol. The SMILES string of the molecule is Clc1cc(Cl)cc(OC[C@H](c2ccccc2)N2CCNCC2)c1. The van der Waals surface area contributed by atoms with Crippen molar-refractivity contribution in [1.29, 1.82) is 0 Å². The van der Waals surface area contributed by atoms with Crippen molar-refractivity contribution in [2.24, 2.45) is 0 Å². The molecule has 1 N–H and O–H groups in total. The Morgan fingerprint density at radius 3 is 2.30 bits per heavy atom. The number of benzene rings is 2. The highest BCUT2D eigenvalue weighted by Gasteiger charge is 2.22. The Morgan fingerprint density at radius 1 is 1.00 bits per heavy atom. The van der Waals surface area contributed by atoms with Gasteiger partial charge in [0.25, 0.3) is 0 Å². The normalized spacial score (nSPS) is 17.0. The van der Waals surface area contributed by atoms with Crippen LogP contribution in [0.25, 0.3) is 0 Å². The first-order valence-corrected chi connectivity index (χ1v) is 8.56. The highest BCUT2D eigenvalue weighted by molar-refractivity contribution is 6.34.